The van der Waals surface area contributed by atoms with Crippen LogP contribution in [0, 0.1) is 5.92 Å². The Kier molecular flexibility index (Phi) is 5.64. The van der Waals surface area contributed by atoms with Crippen molar-refractivity contribution in [2.24, 2.45) is 5.92 Å². The molecule has 0 rings (SSSR count). The number of alkyl halides is 2. The molecule has 0 heterocycles. The number of carbonyl (C=O) groups excluding carboxylic acids is 1. The second-order valence-electron chi connectivity index (χ2n) is 2.47. The van der Waals surface area contributed by atoms with Crippen molar-refractivity contribution in [1.29, 1.82) is 0 Å². The summed E-state index contributed by atoms with van der Waals surface area (Å²) >= 11 is 6.67. The monoisotopic (exact) mass is 270 g/mol. The zero-order valence-corrected chi connectivity index (χ0v) is 9.41. The Labute approximate surface area is 78.8 Å². The molecule has 0 saturated heterocycles. The predicted octanol–water partition coefficient (Wildman–Crippen LogP) is 2.76. The number of halogens is 2. The minimum absolute atomic E-state index is 0.0325. The van der Waals surface area contributed by atoms with Crippen LogP contribution in [0.1, 0.15) is 20.3 Å². The normalized spacial score (nSPS) is 16.4. The molecule has 0 fully saturated rings. The Hall–Kier alpha value is 0.630. The summed E-state index contributed by atoms with van der Waals surface area (Å²) in [6, 6.07) is 0. The zero-order chi connectivity index (χ0) is 8.15. The van der Waals surface area contributed by atoms with Crippen molar-refractivity contribution in [3.05, 3.63) is 0 Å². The highest BCUT2D eigenvalue weighted by molar-refractivity contribution is 9.10. The smallest absolute Gasteiger partial charge is 0.143 e. The van der Waals surface area contributed by atoms with Gasteiger partial charge in [0.25, 0.3) is 0 Å². The molecule has 0 aliphatic carbocycles. The predicted molar refractivity (Wildman–Crippen MR) is 51.0 cm³/mol. The molecule has 0 aliphatic rings. The second kappa shape index (κ2) is 5.30. The first-order valence-corrected chi connectivity index (χ1v) is 5.33. The minimum atomic E-state index is 0.0325. The molecule has 0 bridgehead atoms. The van der Waals surface area contributed by atoms with Crippen LogP contribution in [0.3, 0.4) is 0 Å². The quantitative estimate of drug-likeness (QED) is 0.719. The molecular formula is C7H12Br2O. The average Bonchev–Trinajstić information content (AvgIpc) is 1.87. The van der Waals surface area contributed by atoms with Crippen molar-refractivity contribution in [2.45, 2.75) is 25.1 Å². The SMILES string of the molecule is CC(=O)C(Br)C(C)CCBr. The molecule has 2 atom stereocenters. The van der Waals surface area contributed by atoms with Gasteiger partial charge in [0.15, 0.2) is 0 Å². The summed E-state index contributed by atoms with van der Waals surface area (Å²) in [4.78, 5) is 10.8. The highest BCUT2D eigenvalue weighted by Gasteiger charge is 2.16. The van der Waals surface area contributed by atoms with Crippen molar-refractivity contribution >= 4 is 37.6 Å². The molecule has 60 valence electrons. The van der Waals surface area contributed by atoms with Gasteiger partial charge in [0.2, 0.25) is 0 Å². The standard InChI is InChI=1S/C7H12Br2O/c1-5(3-4-8)7(9)6(2)10/h5,7H,3-4H2,1-2H3. The van der Waals surface area contributed by atoms with Crippen molar-refractivity contribution < 1.29 is 4.79 Å². The van der Waals surface area contributed by atoms with Gasteiger partial charge < -0.3 is 0 Å². The van der Waals surface area contributed by atoms with Gasteiger partial charge in [-0.05, 0) is 19.3 Å². The Bertz CT molecular complexity index is 114. The van der Waals surface area contributed by atoms with Gasteiger partial charge in [-0.15, -0.1) is 0 Å². The van der Waals surface area contributed by atoms with Gasteiger partial charge in [-0.1, -0.05) is 38.8 Å². The number of Topliss-reactive ketones (excluding diaryl/α,β-unsaturated/α-hetero) is 1. The Morgan fingerprint density at radius 1 is 1.60 bits per heavy atom. The lowest BCUT2D eigenvalue weighted by Crippen LogP contribution is -2.19. The van der Waals surface area contributed by atoms with Crippen LogP contribution in [0.5, 0.6) is 0 Å². The highest BCUT2D eigenvalue weighted by Crippen LogP contribution is 2.17. The van der Waals surface area contributed by atoms with Gasteiger partial charge in [0.05, 0.1) is 4.83 Å². The first kappa shape index (κ1) is 10.6. The highest BCUT2D eigenvalue weighted by atomic mass is 79.9. The molecular weight excluding hydrogens is 260 g/mol. The van der Waals surface area contributed by atoms with Gasteiger partial charge in [-0.2, -0.15) is 0 Å². The van der Waals surface area contributed by atoms with Crippen LogP contribution >= 0.6 is 31.9 Å². The number of hydrogen-bond donors (Lipinski definition) is 0. The van der Waals surface area contributed by atoms with E-state index >= 15 is 0 Å². The molecule has 0 amide bonds. The number of hydrogen-bond acceptors (Lipinski definition) is 1. The van der Waals surface area contributed by atoms with E-state index in [-0.39, 0.29) is 10.6 Å². The number of ketones is 1. The minimum Gasteiger partial charge on any atom is -0.299 e. The molecule has 2 unspecified atom stereocenters. The van der Waals surface area contributed by atoms with Gasteiger partial charge in [-0.25, -0.2) is 0 Å². The third-order valence-corrected chi connectivity index (χ3v) is 3.46. The molecule has 3 heteroatoms. The maximum atomic E-state index is 10.8. The molecule has 0 spiro atoms. The third kappa shape index (κ3) is 3.71. The molecule has 0 saturated carbocycles. The Morgan fingerprint density at radius 3 is 2.40 bits per heavy atom. The fourth-order valence-corrected chi connectivity index (χ4v) is 1.71. The maximum absolute atomic E-state index is 10.8. The van der Waals surface area contributed by atoms with Crippen LogP contribution in [0.15, 0.2) is 0 Å². The van der Waals surface area contributed by atoms with Crippen LogP contribution in [0.2, 0.25) is 0 Å². The van der Waals surface area contributed by atoms with Gasteiger partial charge in [0, 0.05) is 5.33 Å². The fourth-order valence-electron chi connectivity index (χ4n) is 0.719. The second-order valence-corrected chi connectivity index (χ2v) is 4.25. The third-order valence-electron chi connectivity index (χ3n) is 1.45. The summed E-state index contributed by atoms with van der Waals surface area (Å²) in [7, 11) is 0. The molecule has 10 heavy (non-hydrogen) atoms. The Morgan fingerprint density at radius 2 is 2.10 bits per heavy atom. The lowest BCUT2D eigenvalue weighted by Gasteiger charge is -2.13. The van der Waals surface area contributed by atoms with Gasteiger partial charge in [0.1, 0.15) is 5.78 Å². The van der Waals surface area contributed by atoms with E-state index in [2.05, 4.69) is 38.8 Å². The van der Waals surface area contributed by atoms with E-state index < -0.39 is 0 Å². The van der Waals surface area contributed by atoms with Crippen molar-refractivity contribution in [2.75, 3.05) is 5.33 Å². The van der Waals surface area contributed by atoms with E-state index in [1.807, 2.05) is 0 Å². The molecule has 0 aromatic carbocycles. The molecule has 0 aliphatic heterocycles. The van der Waals surface area contributed by atoms with Gasteiger partial charge >= 0.3 is 0 Å². The van der Waals surface area contributed by atoms with Crippen molar-refractivity contribution in [1.82, 2.24) is 0 Å². The van der Waals surface area contributed by atoms with Crippen LogP contribution < -0.4 is 0 Å². The fraction of sp³-hybridized carbons (Fsp3) is 0.857. The van der Waals surface area contributed by atoms with Crippen molar-refractivity contribution in [3.63, 3.8) is 0 Å². The summed E-state index contributed by atoms with van der Waals surface area (Å²) in [5, 5.41) is 0.962. The molecule has 0 aromatic rings. The van der Waals surface area contributed by atoms with E-state index in [0.29, 0.717) is 5.92 Å². The van der Waals surface area contributed by atoms with E-state index in [9.17, 15) is 4.79 Å². The van der Waals surface area contributed by atoms with Crippen LogP contribution in [-0.4, -0.2) is 15.9 Å². The summed E-state index contributed by atoms with van der Waals surface area (Å²) in [6.45, 7) is 3.69. The molecule has 0 N–H and O–H groups in total. The van der Waals surface area contributed by atoms with Crippen molar-refractivity contribution in [3.8, 4) is 0 Å². The molecule has 1 nitrogen and oxygen atoms in total. The van der Waals surface area contributed by atoms with E-state index in [0.717, 1.165) is 11.8 Å². The lowest BCUT2D eigenvalue weighted by atomic mass is 10.0. The zero-order valence-electron chi connectivity index (χ0n) is 6.23. The van der Waals surface area contributed by atoms with Crippen LogP contribution in [0.4, 0.5) is 0 Å². The average molecular weight is 272 g/mol. The van der Waals surface area contributed by atoms with Crippen LogP contribution in [-0.2, 0) is 4.79 Å². The number of rotatable bonds is 4. The van der Waals surface area contributed by atoms with E-state index in [4.69, 9.17) is 0 Å². The summed E-state index contributed by atoms with van der Waals surface area (Å²) in [6.07, 6.45) is 1.04. The van der Waals surface area contributed by atoms with Gasteiger partial charge in [-0.3, -0.25) is 4.79 Å². The summed E-state index contributed by atoms with van der Waals surface area (Å²) < 4.78 is 0. The Balaban J connectivity index is 3.69. The lowest BCUT2D eigenvalue weighted by molar-refractivity contribution is -0.117. The van der Waals surface area contributed by atoms with Crippen LogP contribution in [0.25, 0.3) is 0 Å². The van der Waals surface area contributed by atoms with E-state index in [1.165, 1.54) is 0 Å². The first-order valence-electron chi connectivity index (χ1n) is 3.30. The number of carbonyl (C=O) groups is 1. The molecule has 0 radical (unpaired) electrons. The summed E-state index contributed by atoms with van der Waals surface area (Å²) in [5.74, 6) is 0.644. The molecule has 0 aromatic heterocycles. The summed E-state index contributed by atoms with van der Waals surface area (Å²) in [5.41, 5.74) is 0. The largest absolute Gasteiger partial charge is 0.299 e. The first-order chi connectivity index (χ1) is 4.59. The topological polar surface area (TPSA) is 17.1 Å². The maximum Gasteiger partial charge on any atom is 0.143 e. The van der Waals surface area contributed by atoms with E-state index in [1.54, 1.807) is 6.92 Å².